The monoisotopic (exact) mass is 490 g/mol. The number of esters is 1. The minimum absolute atomic E-state index is 0.0344. The molecule has 1 fully saturated rings. The number of methoxy groups -OCH3 is 1. The van der Waals surface area contributed by atoms with Gasteiger partial charge in [0.1, 0.15) is 5.75 Å². The fourth-order valence-electron chi connectivity index (χ4n) is 3.43. The van der Waals surface area contributed by atoms with Crippen molar-refractivity contribution in [2.75, 3.05) is 37.4 Å². The highest BCUT2D eigenvalue weighted by Crippen LogP contribution is 2.30. The average Bonchev–Trinajstić information content (AvgIpc) is 2.83. The summed E-state index contributed by atoms with van der Waals surface area (Å²) in [6.07, 6.45) is 2.59. The van der Waals surface area contributed by atoms with Crippen molar-refractivity contribution in [2.24, 2.45) is 5.73 Å². The van der Waals surface area contributed by atoms with Gasteiger partial charge in [-0.2, -0.15) is 4.31 Å². The summed E-state index contributed by atoms with van der Waals surface area (Å²) in [5.74, 6) is -1.17. The fourth-order valence-corrected chi connectivity index (χ4v) is 4.98. The number of rotatable bonds is 8. The molecule has 182 valence electrons. The maximum atomic E-state index is 13.0. The molecule has 1 aliphatic heterocycles. The summed E-state index contributed by atoms with van der Waals surface area (Å²) >= 11 is 0. The van der Waals surface area contributed by atoms with E-state index in [0.29, 0.717) is 18.8 Å². The van der Waals surface area contributed by atoms with Crippen LogP contribution in [0.3, 0.4) is 0 Å². The third kappa shape index (κ3) is 6.23. The zero-order valence-corrected chi connectivity index (χ0v) is 19.4. The molecule has 0 spiro atoms. The molecule has 12 heteroatoms. The van der Waals surface area contributed by atoms with Gasteiger partial charge in [0, 0.05) is 18.8 Å². The first-order valence-corrected chi connectivity index (χ1v) is 12.0. The highest BCUT2D eigenvalue weighted by atomic mass is 32.2. The molecule has 0 atom stereocenters. The predicted molar refractivity (Wildman–Crippen MR) is 124 cm³/mol. The molecule has 11 nitrogen and oxygen atoms in total. The normalized spacial score (nSPS) is 14.1. The average molecular weight is 491 g/mol. The van der Waals surface area contributed by atoms with Crippen molar-refractivity contribution in [3.63, 3.8) is 0 Å². The van der Waals surface area contributed by atoms with E-state index in [9.17, 15) is 22.8 Å². The third-order valence-electron chi connectivity index (χ3n) is 5.12. The lowest BCUT2D eigenvalue weighted by atomic mass is 10.2. The Balaban J connectivity index is 1.65. The Kier molecular flexibility index (Phi) is 8.08. The highest BCUT2D eigenvalue weighted by molar-refractivity contribution is 7.89. The summed E-state index contributed by atoms with van der Waals surface area (Å²) in [5, 5.41) is 4.89. The zero-order valence-electron chi connectivity index (χ0n) is 18.6. The minimum atomic E-state index is -3.71. The molecule has 1 aliphatic rings. The highest BCUT2D eigenvalue weighted by Gasteiger charge is 2.27. The maximum Gasteiger partial charge on any atom is 0.338 e. The number of hydrogen-bond acceptors (Lipinski definition) is 7. The number of nitrogens with one attached hydrogen (secondary N) is 2. The summed E-state index contributed by atoms with van der Waals surface area (Å²) in [6, 6.07) is 9.20. The Morgan fingerprint density at radius 1 is 1.00 bits per heavy atom. The summed E-state index contributed by atoms with van der Waals surface area (Å²) in [4.78, 5) is 35.5. The molecule has 0 aromatic heterocycles. The standard InChI is InChI=1S/C22H26N4O7S/c1-32-19-10-9-17(34(30,31)26-11-3-2-4-12-26)13-18(19)25-20(27)14-33-21(28)15-5-7-16(8-6-15)24-22(23)29/h5-10,13H,2-4,11-12,14H2,1H3,(H,25,27)(H3,23,24,29). The van der Waals surface area contributed by atoms with Crippen molar-refractivity contribution in [2.45, 2.75) is 24.2 Å². The molecule has 0 unspecified atom stereocenters. The molecule has 0 aliphatic carbocycles. The second-order valence-electron chi connectivity index (χ2n) is 7.52. The molecule has 3 rings (SSSR count). The summed E-state index contributed by atoms with van der Waals surface area (Å²) < 4.78 is 37.6. The lowest BCUT2D eigenvalue weighted by Gasteiger charge is -2.26. The number of hydrogen-bond donors (Lipinski definition) is 3. The number of nitrogens with two attached hydrogens (primary N) is 1. The van der Waals surface area contributed by atoms with Crippen LogP contribution >= 0.6 is 0 Å². The second-order valence-corrected chi connectivity index (χ2v) is 9.46. The predicted octanol–water partition coefficient (Wildman–Crippen LogP) is 2.16. The Morgan fingerprint density at radius 3 is 2.29 bits per heavy atom. The van der Waals surface area contributed by atoms with Gasteiger partial charge in [0.25, 0.3) is 5.91 Å². The largest absolute Gasteiger partial charge is 0.495 e. The number of anilines is 2. The molecule has 4 N–H and O–H groups in total. The quantitative estimate of drug-likeness (QED) is 0.479. The van der Waals surface area contributed by atoms with Crippen LogP contribution in [0.15, 0.2) is 47.4 Å². The first kappa shape index (κ1) is 25.0. The number of primary amides is 1. The van der Waals surface area contributed by atoms with Crippen LogP contribution in [0.2, 0.25) is 0 Å². The van der Waals surface area contributed by atoms with E-state index in [-0.39, 0.29) is 21.9 Å². The first-order valence-electron chi connectivity index (χ1n) is 10.5. The van der Waals surface area contributed by atoms with Crippen LogP contribution in [0.4, 0.5) is 16.2 Å². The number of amides is 3. The van der Waals surface area contributed by atoms with Crippen molar-refractivity contribution in [3.8, 4) is 5.75 Å². The van der Waals surface area contributed by atoms with Crippen LogP contribution in [-0.2, 0) is 19.6 Å². The van der Waals surface area contributed by atoms with Gasteiger partial charge in [-0.1, -0.05) is 6.42 Å². The van der Waals surface area contributed by atoms with E-state index in [2.05, 4.69) is 10.6 Å². The van der Waals surface area contributed by atoms with Crippen LogP contribution in [0, 0.1) is 0 Å². The molecule has 0 radical (unpaired) electrons. The number of carbonyl (C=O) groups is 3. The molecule has 1 saturated heterocycles. The summed E-state index contributed by atoms with van der Waals surface area (Å²) in [5.41, 5.74) is 5.73. The summed E-state index contributed by atoms with van der Waals surface area (Å²) in [6.45, 7) is 0.295. The van der Waals surface area contributed by atoms with Crippen molar-refractivity contribution in [1.29, 1.82) is 0 Å². The van der Waals surface area contributed by atoms with Gasteiger partial charge in [0.15, 0.2) is 6.61 Å². The number of urea groups is 1. The van der Waals surface area contributed by atoms with Gasteiger partial charge in [-0.25, -0.2) is 18.0 Å². The van der Waals surface area contributed by atoms with Crippen molar-refractivity contribution < 1.29 is 32.3 Å². The van der Waals surface area contributed by atoms with E-state index in [1.54, 1.807) is 0 Å². The number of sulfonamides is 1. The Hall–Kier alpha value is -3.64. The third-order valence-corrected chi connectivity index (χ3v) is 7.01. The topological polar surface area (TPSA) is 157 Å². The van der Waals surface area contributed by atoms with Crippen LogP contribution < -0.4 is 21.1 Å². The van der Waals surface area contributed by atoms with Crippen molar-refractivity contribution in [3.05, 3.63) is 48.0 Å². The van der Waals surface area contributed by atoms with Crippen molar-refractivity contribution >= 4 is 39.3 Å². The number of nitrogens with zero attached hydrogens (tertiary/aromatic N) is 1. The number of ether oxygens (including phenoxy) is 2. The van der Waals surface area contributed by atoms with Gasteiger partial charge >= 0.3 is 12.0 Å². The molecule has 0 bridgehead atoms. The van der Waals surface area contributed by atoms with E-state index in [4.69, 9.17) is 15.2 Å². The van der Waals surface area contributed by atoms with Gasteiger partial charge in [0.2, 0.25) is 10.0 Å². The Morgan fingerprint density at radius 2 is 1.68 bits per heavy atom. The fraction of sp³-hybridized carbons (Fsp3) is 0.318. The second kappa shape index (κ2) is 11.0. The number of piperidine rings is 1. The van der Waals surface area contributed by atoms with Crippen LogP contribution in [0.1, 0.15) is 29.6 Å². The molecule has 3 amide bonds. The number of benzene rings is 2. The maximum absolute atomic E-state index is 13.0. The van der Waals surface area contributed by atoms with Gasteiger partial charge in [-0.05, 0) is 55.3 Å². The molecule has 2 aromatic carbocycles. The van der Waals surface area contributed by atoms with E-state index in [1.165, 1.54) is 53.9 Å². The zero-order chi connectivity index (χ0) is 24.7. The Bertz CT molecular complexity index is 1160. The van der Waals surface area contributed by atoms with Crippen LogP contribution in [0.5, 0.6) is 5.75 Å². The van der Waals surface area contributed by atoms with Crippen LogP contribution in [-0.4, -0.2) is 57.4 Å². The van der Waals surface area contributed by atoms with E-state index in [0.717, 1.165) is 19.3 Å². The molecule has 34 heavy (non-hydrogen) atoms. The van der Waals surface area contributed by atoms with Gasteiger partial charge in [0.05, 0.1) is 23.3 Å². The molecular formula is C22H26N4O7S. The molecule has 1 heterocycles. The lowest BCUT2D eigenvalue weighted by Crippen LogP contribution is -2.35. The number of carbonyl (C=O) groups excluding carboxylic acids is 3. The van der Waals surface area contributed by atoms with Gasteiger partial charge in [-0.3, -0.25) is 4.79 Å². The Labute approximate surface area is 197 Å². The lowest BCUT2D eigenvalue weighted by molar-refractivity contribution is -0.119. The van der Waals surface area contributed by atoms with E-state index < -0.39 is 34.5 Å². The molecule has 2 aromatic rings. The first-order chi connectivity index (χ1) is 16.2. The summed E-state index contributed by atoms with van der Waals surface area (Å²) in [7, 11) is -2.32. The van der Waals surface area contributed by atoms with E-state index in [1.807, 2.05) is 0 Å². The van der Waals surface area contributed by atoms with Crippen LogP contribution in [0.25, 0.3) is 0 Å². The minimum Gasteiger partial charge on any atom is -0.495 e. The SMILES string of the molecule is COc1ccc(S(=O)(=O)N2CCCCC2)cc1NC(=O)COC(=O)c1ccc(NC(N)=O)cc1. The van der Waals surface area contributed by atoms with Gasteiger partial charge < -0.3 is 25.8 Å². The molecular weight excluding hydrogens is 464 g/mol. The molecule has 0 saturated carbocycles. The van der Waals surface area contributed by atoms with E-state index >= 15 is 0 Å². The smallest absolute Gasteiger partial charge is 0.338 e. The van der Waals surface area contributed by atoms with Gasteiger partial charge in [-0.15, -0.1) is 0 Å². The van der Waals surface area contributed by atoms with Crippen molar-refractivity contribution in [1.82, 2.24) is 4.31 Å².